The summed E-state index contributed by atoms with van der Waals surface area (Å²) in [6.07, 6.45) is 2.74. The summed E-state index contributed by atoms with van der Waals surface area (Å²) in [7, 11) is 2.06. The van der Waals surface area contributed by atoms with Gasteiger partial charge >= 0.3 is 0 Å². The van der Waals surface area contributed by atoms with Crippen LogP contribution < -0.4 is 0 Å². The Labute approximate surface area is 107 Å². The van der Waals surface area contributed by atoms with Crippen molar-refractivity contribution in [2.75, 3.05) is 13.6 Å². The first-order chi connectivity index (χ1) is 8.74. The second kappa shape index (κ2) is 6.26. The van der Waals surface area contributed by atoms with E-state index in [2.05, 4.69) is 16.9 Å². The highest BCUT2D eigenvalue weighted by atomic mass is 19.1. The first kappa shape index (κ1) is 12.7. The fourth-order valence-corrected chi connectivity index (χ4v) is 1.83. The number of hydrogen-bond acceptors (Lipinski definition) is 2. The largest absolute Gasteiger partial charge is 0.302 e. The molecule has 0 aliphatic rings. The van der Waals surface area contributed by atoms with Crippen molar-refractivity contribution in [3.05, 3.63) is 65.7 Å². The minimum absolute atomic E-state index is 0.185. The van der Waals surface area contributed by atoms with E-state index < -0.39 is 0 Å². The molecule has 0 fully saturated rings. The fraction of sp³-hybridized carbons (Fsp3) is 0.267. The Morgan fingerprint density at radius 3 is 2.56 bits per heavy atom. The molecule has 0 atom stereocenters. The number of halogens is 1. The van der Waals surface area contributed by atoms with Gasteiger partial charge in [0.25, 0.3) is 0 Å². The first-order valence-corrected chi connectivity index (χ1v) is 6.07. The molecule has 0 aliphatic carbocycles. The molecule has 0 radical (unpaired) electrons. The minimum atomic E-state index is -0.185. The van der Waals surface area contributed by atoms with Crippen LogP contribution in [-0.4, -0.2) is 23.5 Å². The predicted molar refractivity (Wildman–Crippen MR) is 70.7 cm³/mol. The molecular weight excluding hydrogens is 227 g/mol. The normalized spacial score (nSPS) is 10.8. The number of rotatable bonds is 5. The van der Waals surface area contributed by atoms with Crippen LogP contribution in [0.4, 0.5) is 4.39 Å². The third kappa shape index (κ3) is 3.93. The Kier molecular flexibility index (Phi) is 4.42. The topological polar surface area (TPSA) is 16.1 Å². The summed E-state index contributed by atoms with van der Waals surface area (Å²) in [5.41, 5.74) is 2.23. The molecule has 0 spiro atoms. The van der Waals surface area contributed by atoms with Crippen LogP contribution in [-0.2, 0) is 13.0 Å². The van der Waals surface area contributed by atoms with Crippen molar-refractivity contribution in [3.8, 4) is 0 Å². The van der Waals surface area contributed by atoms with Crippen LogP contribution in [0.1, 0.15) is 11.3 Å². The van der Waals surface area contributed by atoms with Crippen molar-refractivity contribution in [1.82, 2.24) is 9.88 Å². The number of nitrogens with zero attached hydrogens (tertiary/aromatic N) is 2. The summed E-state index contributed by atoms with van der Waals surface area (Å²) in [5, 5.41) is 0. The molecule has 1 aromatic carbocycles. The van der Waals surface area contributed by atoms with E-state index in [1.165, 1.54) is 12.1 Å². The van der Waals surface area contributed by atoms with E-state index >= 15 is 0 Å². The molecular formula is C15H17FN2. The van der Waals surface area contributed by atoms with Crippen LogP contribution in [0.25, 0.3) is 0 Å². The standard InChI is InChI=1S/C15H17FN2/c1-18(11-9-15-4-2-3-10-17-15)12-13-5-7-14(16)8-6-13/h2-8,10H,9,11-12H2,1H3. The van der Waals surface area contributed by atoms with Gasteiger partial charge in [-0.2, -0.15) is 0 Å². The SMILES string of the molecule is CN(CCc1ccccn1)Cc1ccc(F)cc1. The van der Waals surface area contributed by atoms with Crippen molar-refractivity contribution < 1.29 is 4.39 Å². The molecule has 1 aromatic heterocycles. The van der Waals surface area contributed by atoms with E-state index in [4.69, 9.17) is 0 Å². The average molecular weight is 244 g/mol. The van der Waals surface area contributed by atoms with E-state index in [0.717, 1.165) is 30.8 Å². The summed E-state index contributed by atoms with van der Waals surface area (Å²) in [4.78, 5) is 6.50. The maximum Gasteiger partial charge on any atom is 0.123 e. The number of benzene rings is 1. The summed E-state index contributed by atoms with van der Waals surface area (Å²) < 4.78 is 12.8. The molecule has 0 bridgehead atoms. The van der Waals surface area contributed by atoms with Crippen molar-refractivity contribution in [2.45, 2.75) is 13.0 Å². The third-order valence-corrected chi connectivity index (χ3v) is 2.84. The second-order valence-electron chi connectivity index (χ2n) is 4.44. The maximum atomic E-state index is 12.8. The van der Waals surface area contributed by atoms with Crippen LogP contribution in [0, 0.1) is 5.82 Å². The number of hydrogen-bond donors (Lipinski definition) is 0. The van der Waals surface area contributed by atoms with Crippen LogP contribution >= 0.6 is 0 Å². The molecule has 0 N–H and O–H groups in total. The number of pyridine rings is 1. The average Bonchev–Trinajstić information content (AvgIpc) is 2.40. The van der Waals surface area contributed by atoms with Gasteiger partial charge in [0.2, 0.25) is 0 Å². The summed E-state index contributed by atoms with van der Waals surface area (Å²) >= 11 is 0. The van der Waals surface area contributed by atoms with Crippen molar-refractivity contribution in [1.29, 1.82) is 0 Å². The molecule has 0 unspecified atom stereocenters. The number of aromatic nitrogens is 1. The zero-order valence-corrected chi connectivity index (χ0v) is 10.5. The molecule has 2 nitrogen and oxygen atoms in total. The minimum Gasteiger partial charge on any atom is -0.302 e. The second-order valence-corrected chi connectivity index (χ2v) is 4.44. The van der Waals surface area contributed by atoms with Gasteiger partial charge in [-0.15, -0.1) is 0 Å². The fourth-order valence-electron chi connectivity index (χ4n) is 1.83. The van der Waals surface area contributed by atoms with E-state index in [9.17, 15) is 4.39 Å². The molecule has 0 saturated heterocycles. The van der Waals surface area contributed by atoms with Crippen molar-refractivity contribution in [3.63, 3.8) is 0 Å². The van der Waals surface area contributed by atoms with Gasteiger partial charge in [-0.3, -0.25) is 4.98 Å². The van der Waals surface area contributed by atoms with Gasteiger partial charge < -0.3 is 4.90 Å². The Morgan fingerprint density at radius 2 is 1.89 bits per heavy atom. The van der Waals surface area contributed by atoms with E-state index in [-0.39, 0.29) is 5.82 Å². The van der Waals surface area contributed by atoms with Crippen LogP contribution in [0.3, 0.4) is 0 Å². The number of likely N-dealkylation sites (N-methyl/N-ethyl adjacent to an activating group) is 1. The van der Waals surface area contributed by atoms with E-state index in [0.29, 0.717) is 0 Å². The highest BCUT2D eigenvalue weighted by Gasteiger charge is 2.01. The Morgan fingerprint density at radius 1 is 1.11 bits per heavy atom. The predicted octanol–water partition coefficient (Wildman–Crippen LogP) is 2.90. The maximum absolute atomic E-state index is 12.8. The molecule has 3 heteroatoms. The molecule has 0 saturated carbocycles. The zero-order valence-electron chi connectivity index (χ0n) is 10.5. The van der Waals surface area contributed by atoms with Crippen molar-refractivity contribution >= 4 is 0 Å². The molecule has 18 heavy (non-hydrogen) atoms. The van der Waals surface area contributed by atoms with Gasteiger partial charge in [0, 0.05) is 31.4 Å². The van der Waals surface area contributed by atoms with Crippen LogP contribution in [0.2, 0.25) is 0 Å². The quantitative estimate of drug-likeness (QED) is 0.804. The summed E-state index contributed by atoms with van der Waals surface area (Å²) in [6, 6.07) is 12.6. The molecule has 0 amide bonds. The lowest BCUT2D eigenvalue weighted by atomic mass is 10.2. The Hall–Kier alpha value is -1.74. The molecule has 2 rings (SSSR count). The summed E-state index contributed by atoms with van der Waals surface area (Å²) in [6.45, 7) is 1.77. The Bertz CT molecular complexity index is 468. The lowest BCUT2D eigenvalue weighted by Crippen LogP contribution is -2.21. The van der Waals surface area contributed by atoms with Crippen molar-refractivity contribution in [2.24, 2.45) is 0 Å². The highest BCUT2D eigenvalue weighted by molar-refractivity contribution is 5.15. The highest BCUT2D eigenvalue weighted by Crippen LogP contribution is 2.06. The smallest absolute Gasteiger partial charge is 0.123 e. The van der Waals surface area contributed by atoms with Crippen LogP contribution in [0.15, 0.2) is 48.7 Å². The van der Waals surface area contributed by atoms with Gasteiger partial charge in [-0.1, -0.05) is 18.2 Å². The third-order valence-electron chi connectivity index (χ3n) is 2.84. The first-order valence-electron chi connectivity index (χ1n) is 6.07. The van der Waals surface area contributed by atoms with Gasteiger partial charge in [0.05, 0.1) is 0 Å². The van der Waals surface area contributed by atoms with E-state index in [1.807, 2.05) is 36.5 Å². The summed E-state index contributed by atoms with van der Waals surface area (Å²) in [5.74, 6) is -0.185. The molecule has 94 valence electrons. The van der Waals surface area contributed by atoms with Gasteiger partial charge in [-0.05, 0) is 36.9 Å². The van der Waals surface area contributed by atoms with Crippen LogP contribution in [0.5, 0.6) is 0 Å². The monoisotopic (exact) mass is 244 g/mol. The Balaban J connectivity index is 1.82. The van der Waals surface area contributed by atoms with E-state index in [1.54, 1.807) is 0 Å². The van der Waals surface area contributed by atoms with Gasteiger partial charge in [0.15, 0.2) is 0 Å². The molecule has 1 heterocycles. The lowest BCUT2D eigenvalue weighted by molar-refractivity contribution is 0.330. The molecule has 0 aliphatic heterocycles. The molecule has 2 aromatic rings. The lowest BCUT2D eigenvalue weighted by Gasteiger charge is -2.16. The zero-order chi connectivity index (χ0) is 12.8. The van der Waals surface area contributed by atoms with Gasteiger partial charge in [-0.25, -0.2) is 4.39 Å². The van der Waals surface area contributed by atoms with Gasteiger partial charge in [0.1, 0.15) is 5.82 Å².